The Morgan fingerprint density at radius 1 is 1.27 bits per heavy atom. The van der Waals surface area contributed by atoms with E-state index >= 15 is 0 Å². The first-order valence-corrected chi connectivity index (χ1v) is 8.15. The van der Waals surface area contributed by atoms with Crippen molar-refractivity contribution in [3.05, 3.63) is 41.1 Å². The van der Waals surface area contributed by atoms with Crippen molar-refractivity contribution in [2.24, 2.45) is 0 Å². The first kappa shape index (κ1) is 16.6. The summed E-state index contributed by atoms with van der Waals surface area (Å²) in [6.07, 6.45) is -2.07. The smallest absolute Gasteiger partial charge is 0.383 e. The number of benzene rings is 1. The van der Waals surface area contributed by atoms with Crippen LogP contribution in [0.2, 0.25) is 0 Å². The lowest BCUT2D eigenvalue weighted by Gasteiger charge is -2.20. The lowest BCUT2D eigenvalue weighted by molar-refractivity contribution is -0.137. The van der Waals surface area contributed by atoms with Gasteiger partial charge in [-0.25, -0.2) is 4.98 Å². The Bertz CT molecular complexity index is 898. The summed E-state index contributed by atoms with van der Waals surface area (Å²) in [4.78, 5) is 21.2. The van der Waals surface area contributed by atoms with Crippen LogP contribution in [0.4, 0.5) is 30.6 Å². The second-order valence-corrected chi connectivity index (χ2v) is 6.49. The highest BCUT2D eigenvalue weighted by Crippen LogP contribution is 2.53. The summed E-state index contributed by atoms with van der Waals surface area (Å²) in [7, 11) is 0. The second kappa shape index (κ2) is 5.58. The Morgan fingerprint density at radius 2 is 1.96 bits per heavy atom. The van der Waals surface area contributed by atoms with Crippen LogP contribution in [0, 0.1) is 0 Å². The van der Waals surface area contributed by atoms with Crippen LogP contribution in [0.3, 0.4) is 0 Å². The summed E-state index contributed by atoms with van der Waals surface area (Å²) in [6.45, 7) is 1.56. The van der Waals surface area contributed by atoms with E-state index < -0.39 is 17.6 Å². The van der Waals surface area contributed by atoms with Crippen molar-refractivity contribution >= 4 is 23.4 Å². The first-order valence-electron chi connectivity index (χ1n) is 8.15. The van der Waals surface area contributed by atoms with Gasteiger partial charge in [-0.2, -0.15) is 18.2 Å². The van der Waals surface area contributed by atoms with E-state index in [1.165, 1.54) is 0 Å². The van der Waals surface area contributed by atoms with Crippen LogP contribution in [0.5, 0.6) is 0 Å². The summed E-state index contributed by atoms with van der Waals surface area (Å²) in [5.74, 6) is -0.595. The molecule has 4 rings (SSSR count). The van der Waals surface area contributed by atoms with Gasteiger partial charge in [-0.3, -0.25) is 4.79 Å². The Labute approximate surface area is 147 Å². The predicted molar refractivity (Wildman–Crippen MR) is 88.4 cm³/mol. The molecule has 2 atom stereocenters. The second-order valence-electron chi connectivity index (χ2n) is 6.49. The van der Waals surface area contributed by atoms with Crippen LogP contribution in [0.1, 0.15) is 48.5 Å². The van der Waals surface area contributed by atoms with E-state index in [1.54, 1.807) is 13.0 Å². The highest BCUT2D eigenvalue weighted by molar-refractivity contribution is 5.77. The highest BCUT2D eigenvalue weighted by Gasteiger charge is 2.45. The van der Waals surface area contributed by atoms with Crippen molar-refractivity contribution in [1.82, 2.24) is 14.9 Å². The maximum Gasteiger partial charge on any atom is 0.421 e. The summed E-state index contributed by atoms with van der Waals surface area (Å²) >= 11 is 0. The van der Waals surface area contributed by atoms with Gasteiger partial charge >= 0.3 is 6.18 Å². The molecule has 1 saturated heterocycles. The molecule has 2 aromatic rings. The number of halogens is 3. The van der Waals surface area contributed by atoms with Crippen molar-refractivity contribution < 1.29 is 18.0 Å². The molecule has 136 valence electrons. The van der Waals surface area contributed by atoms with Crippen LogP contribution in [0.25, 0.3) is 0 Å². The van der Waals surface area contributed by atoms with Gasteiger partial charge in [0.1, 0.15) is 11.4 Å². The Kier molecular flexibility index (Phi) is 3.57. The van der Waals surface area contributed by atoms with Crippen LogP contribution < -0.4 is 11.1 Å². The normalized spacial score (nSPS) is 21.0. The zero-order chi connectivity index (χ0) is 18.6. The topological polar surface area (TPSA) is 84.1 Å². The number of fused-ring (bicyclic) bond motifs is 5. The minimum Gasteiger partial charge on any atom is -0.383 e. The van der Waals surface area contributed by atoms with Gasteiger partial charge in [-0.15, -0.1) is 0 Å². The van der Waals surface area contributed by atoms with Crippen molar-refractivity contribution in [1.29, 1.82) is 0 Å². The molecule has 2 unspecified atom stereocenters. The van der Waals surface area contributed by atoms with Gasteiger partial charge in [-0.05, 0) is 36.1 Å². The minimum absolute atomic E-state index is 0.0120. The molecule has 0 saturated carbocycles. The minimum atomic E-state index is -4.59. The van der Waals surface area contributed by atoms with Gasteiger partial charge in [-0.1, -0.05) is 6.07 Å². The molecular formula is C17H16F3N5O. The number of carbonyl (C=O) groups excluding carboxylic acids is 1. The van der Waals surface area contributed by atoms with E-state index in [1.807, 2.05) is 17.0 Å². The number of anilines is 3. The lowest BCUT2D eigenvalue weighted by atomic mass is 9.91. The number of carbonyl (C=O) groups is 1. The number of nitrogens with two attached hydrogens (primary N) is 1. The molecular weight excluding hydrogens is 347 g/mol. The molecule has 26 heavy (non-hydrogen) atoms. The molecule has 1 aromatic heterocycles. The molecule has 6 nitrogen and oxygen atoms in total. The monoisotopic (exact) mass is 363 g/mol. The standard InChI is InChI=1S/C17H16F3N5O/c1-8(26)25-13-4-5-14(25)11-6-9(2-3-10(11)13)23-16-22-7-12(15(21)24-16)17(18,19)20/h2-3,6-7,13-14H,4-5H2,1H3,(H3,21,22,23,24). The Balaban J connectivity index is 1.61. The van der Waals surface area contributed by atoms with Crippen LogP contribution in [-0.4, -0.2) is 20.8 Å². The number of rotatable bonds is 2. The molecule has 0 radical (unpaired) electrons. The molecule has 2 aliphatic rings. The third-order valence-electron chi connectivity index (χ3n) is 4.93. The molecule has 1 amide bonds. The fraction of sp³-hybridized carbons (Fsp3) is 0.353. The third-order valence-corrected chi connectivity index (χ3v) is 4.93. The Hall–Kier alpha value is -2.84. The Morgan fingerprint density at radius 3 is 2.58 bits per heavy atom. The zero-order valence-electron chi connectivity index (χ0n) is 13.8. The molecule has 0 spiro atoms. The van der Waals surface area contributed by atoms with Gasteiger partial charge in [0.25, 0.3) is 0 Å². The average Bonchev–Trinajstić information content (AvgIpc) is 3.10. The van der Waals surface area contributed by atoms with Crippen LogP contribution in [0.15, 0.2) is 24.4 Å². The molecule has 3 N–H and O–H groups in total. The van der Waals surface area contributed by atoms with Crippen molar-refractivity contribution in [3.8, 4) is 0 Å². The SMILES string of the molecule is CC(=O)N1C2CCC1c1cc(Nc3ncc(C(F)(F)F)c(N)n3)ccc12. The number of nitrogens with zero attached hydrogens (tertiary/aromatic N) is 3. The van der Waals surface area contributed by atoms with E-state index in [0.717, 1.165) is 24.0 Å². The van der Waals surface area contributed by atoms with Crippen molar-refractivity contribution in [2.45, 2.75) is 38.0 Å². The number of amides is 1. The molecule has 9 heteroatoms. The number of hydrogen-bond acceptors (Lipinski definition) is 5. The molecule has 1 aromatic carbocycles. The van der Waals surface area contributed by atoms with Crippen molar-refractivity contribution in [3.63, 3.8) is 0 Å². The summed E-state index contributed by atoms with van der Waals surface area (Å²) in [5.41, 5.74) is 7.15. The van der Waals surface area contributed by atoms with Gasteiger partial charge < -0.3 is 16.0 Å². The van der Waals surface area contributed by atoms with E-state index in [2.05, 4.69) is 15.3 Å². The van der Waals surface area contributed by atoms with E-state index in [4.69, 9.17) is 5.73 Å². The summed E-state index contributed by atoms with van der Waals surface area (Å²) in [5, 5.41) is 2.88. The number of aromatic nitrogens is 2. The largest absolute Gasteiger partial charge is 0.421 e. The lowest BCUT2D eigenvalue weighted by Crippen LogP contribution is -2.24. The molecule has 2 aliphatic heterocycles. The number of alkyl halides is 3. The summed E-state index contributed by atoms with van der Waals surface area (Å²) in [6, 6.07) is 5.79. The fourth-order valence-electron chi connectivity index (χ4n) is 3.91. The maximum absolute atomic E-state index is 12.7. The maximum atomic E-state index is 12.7. The average molecular weight is 363 g/mol. The van der Waals surface area contributed by atoms with Gasteiger partial charge in [0, 0.05) is 18.8 Å². The van der Waals surface area contributed by atoms with Crippen LogP contribution in [-0.2, 0) is 11.0 Å². The fourth-order valence-corrected chi connectivity index (χ4v) is 3.91. The van der Waals surface area contributed by atoms with Crippen molar-refractivity contribution in [2.75, 3.05) is 11.1 Å². The molecule has 3 heterocycles. The molecule has 1 fully saturated rings. The number of nitrogen functional groups attached to an aromatic ring is 1. The van der Waals surface area contributed by atoms with Gasteiger partial charge in [0.15, 0.2) is 0 Å². The molecule has 0 aliphatic carbocycles. The van der Waals surface area contributed by atoms with Crippen LogP contribution >= 0.6 is 0 Å². The van der Waals surface area contributed by atoms with E-state index in [-0.39, 0.29) is 23.9 Å². The van der Waals surface area contributed by atoms with E-state index in [9.17, 15) is 18.0 Å². The predicted octanol–water partition coefficient (Wildman–Crippen LogP) is 3.56. The highest BCUT2D eigenvalue weighted by atomic mass is 19.4. The number of hydrogen-bond donors (Lipinski definition) is 2. The molecule has 2 bridgehead atoms. The number of nitrogens with one attached hydrogen (secondary N) is 1. The quantitative estimate of drug-likeness (QED) is 0.852. The zero-order valence-corrected chi connectivity index (χ0v) is 13.8. The first-order chi connectivity index (χ1) is 12.3. The van der Waals surface area contributed by atoms with E-state index in [0.29, 0.717) is 11.9 Å². The third kappa shape index (κ3) is 2.54. The summed E-state index contributed by atoms with van der Waals surface area (Å²) < 4.78 is 38.2. The van der Waals surface area contributed by atoms with Gasteiger partial charge in [0.05, 0.1) is 12.1 Å². The van der Waals surface area contributed by atoms with Gasteiger partial charge in [0.2, 0.25) is 11.9 Å².